The van der Waals surface area contributed by atoms with E-state index >= 15 is 0 Å². The number of rotatable bonds is 7. The fourth-order valence-corrected chi connectivity index (χ4v) is 5.57. The van der Waals surface area contributed by atoms with Crippen LogP contribution in [0.3, 0.4) is 0 Å². The lowest BCUT2D eigenvalue weighted by molar-refractivity contribution is 0.394. The van der Waals surface area contributed by atoms with Gasteiger partial charge in [-0.1, -0.05) is 72.2 Å². The van der Waals surface area contributed by atoms with Gasteiger partial charge in [-0.05, 0) is 49.5 Å². The third-order valence-corrected chi connectivity index (χ3v) is 7.85. The second-order valence-corrected chi connectivity index (χ2v) is 10.5. The third kappa shape index (κ3) is 4.83. The molecule has 2 aliphatic rings. The van der Waals surface area contributed by atoms with E-state index in [1.165, 1.54) is 11.1 Å². The number of allylic oxidation sites excluding steroid dienone is 1. The van der Waals surface area contributed by atoms with Crippen molar-refractivity contribution in [3.8, 4) is 22.5 Å². The van der Waals surface area contributed by atoms with Crippen LogP contribution in [0.5, 0.6) is 0 Å². The monoisotopic (exact) mass is 539 g/mol. The molecule has 0 amide bonds. The molecular formula is C31H30ClN5O2. The van der Waals surface area contributed by atoms with Crippen molar-refractivity contribution in [2.45, 2.75) is 58.5 Å². The van der Waals surface area contributed by atoms with Crippen LogP contribution < -0.4 is 21.6 Å². The van der Waals surface area contributed by atoms with Crippen molar-refractivity contribution in [3.63, 3.8) is 0 Å². The zero-order chi connectivity index (χ0) is 27.1. The SMILES string of the molecule is CCC1=C(NC2CC2c2ccccc2)N=c2c(cc(-c3ccc(-c4noc(C)n4)cc3Cl)c(=O)n2CC)=CC1. The molecule has 2 atom stereocenters. The lowest BCUT2D eigenvalue weighted by Gasteiger charge is -2.12. The first-order valence-electron chi connectivity index (χ1n) is 13.4. The van der Waals surface area contributed by atoms with Crippen molar-refractivity contribution in [2.75, 3.05) is 0 Å². The number of benzene rings is 2. The topological polar surface area (TPSA) is 85.3 Å². The van der Waals surface area contributed by atoms with Gasteiger partial charge < -0.3 is 9.84 Å². The van der Waals surface area contributed by atoms with Crippen LogP contribution in [0.2, 0.25) is 5.02 Å². The van der Waals surface area contributed by atoms with Crippen LogP contribution in [0.1, 0.15) is 50.5 Å². The van der Waals surface area contributed by atoms with Crippen LogP contribution in [-0.4, -0.2) is 20.7 Å². The van der Waals surface area contributed by atoms with Gasteiger partial charge in [0.25, 0.3) is 5.56 Å². The first kappa shape index (κ1) is 25.3. The highest BCUT2D eigenvalue weighted by Crippen LogP contribution is 2.41. The molecule has 0 bridgehead atoms. The highest BCUT2D eigenvalue weighted by atomic mass is 35.5. The van der Waals surface area contributed by atoms with Crippen molar-refractivity contribution in [2.24, 2.45) is 4.99 Å². The molecule has 1 N–H and O–H groups in total. The summed E-state index contributed by atoms with van der Waals surface area (Å²) in [5, 5.41) is 9.07. The van der Waals surface area contributed by atoms with E-state index in [1.54, 1.807) is 17.6 Å². The highest BCUT2D eigenvalue weighted by molar-refractivity contribution is 6.33. The number of aryl methyl sites for hydroxylation is 1. The van der Waals surface area contributed by atoms with Gasteiger partial charge in [-0.25, -0.2) is 4.99 Å². The Morgan fingerprint density at radius 1 is 1.10 bits per heavy atom. The Morgan fingerprint density at radius 2 is 1.92 bits per heavy atom. The Labute approximate surface area is 231 Å². The van der Waals surface area contributed by atoms with Gasteiger partial charge in [-0.2, -0.15) is 4.98 Å². The predicted molar refractivity (Wildman–Crippen MR) is 153 cm³/mol. The Balaban J connectivity index is 1.39. The normalized spacial score (nSPS) is 18.2. The van der Waals surface area contributed by atoms with Crippen LogP contribution in [0.4, 0.5) is 0 Å². The standard InChI is InChI=1S/C31H30ClN5O2/c1-4-19-11-12-22-15-25(23-14-13-21(16-26(23)32)29-33-18(3)39-36-29)31(38)37(5-2)30(22)35-28(19)34-27-17-24(27)20-9-7-6-8-10-20/h6-10,12-16,24,27,34H,4-5,11,17H2,1-3H3. The van der Waals surface area contributed by atoms with Crippen molar-refractivity contribution < 1.29 is 4.52 Å². The molecule has 1 aliphatic heterocycles. The summed E-state index contributed by atoms with van der Waals surface area (Å²) in [6, 6.07) is 18.3. The quantitative estimate of drug-likeness (QED) is 0.352. The average Bonchev–Trinajstić information content (AvgIpc) is 3.62. The molecule has 4 aromatic rings. The number of pyridine rings is 1. The molecule has 198 valence electrons. The first-order valence-corrected chi connectivity index (χ1v) is 13.8. The zero-order valence-corrected chi connectivity index (χ0v) is 23.0. The molecule has 39 heavy (non-hydrogen) atoms. The summed E-state index contributed by atoms with van der Waals surface area (Å²) < 4.78 is 6.84. The van der Waals surface area contributed by atoms with Crippen LogP contribution in [0.15, 0.2) is 80.3 Å². The van der Waals surface area contributed by atoms with Crippen molar-refractivity contribution in [3.05, 3.63) is 104 Å². The minimum atomic E-state index is -0.119. The van der Waals surface area contributed by atoms with E-state index in [4.69, 9.17) is 21.1 Å². The molecule has 0 radical (unpaired) electrons. The second-order valence-electron chi connectivity index (χ2n) is 10.0. The number of nitrogens with one attached hydrogen (secondary N) is 1. The molecule has 2 unspecified atom stereocenters. The highest BCUT2D eigenvalue weighted by Gasteiger charge is 2.39. The summed E-state index contributed by atoms with van der Waals surface area (Å²) in [5.41, 5.74) is 5.09. The third-order valence-electron chi connectivity index (χ3n) is 7.54. The van der Waals surface area contributed by atoms with E-state index in [1.807, 2.05) is 31.2 Å². The van der Waals surface area contributed by atoms with E-state index in [9.17, 15) is 4.79 Å². The van der Waals surface area contributed by atoms with Crippen molar-refractivity contribution >= 4 is 17.7 Å². The summed E-state index contributed by atoms with van der Waals surface area (Å²) in [5.74, 6) is 2.32. The number of hydrogen-bond acceptors (Lipinski definition) is 6. The molecule has 0 spiro atoms. The lowest BCUT2D eigenvalue weighted by Crippen LogP contribution is -2.44. The molecule has 0 saturated heterocycles. The van der Waals surface area contributed by atoms with Gasteiger partial charge in [0, 0.05) is 52.4 Å². The fraction of sp³-hybridized carbons (Fsp3) is 0.290. The van der Waals surface area contributed by atoms with Crippen LogP contribution in [-0.2, 0) is 6.54 Å². The Kier molecular flexibility index (Phi) is 6.69. The predicted octanol–water partition coefficient (Wildman–Crippen LogP) is 5.12. The lowest BCUT2D eigenvalue weighted by atomic mass is 10.0. The van der Waals surface area contributed by atoms with E-state index in [-0.39, 0.29) is 5.56 Å². The Hall–Kier alpha value is -3.97. The fourth-order valence-electron chi connectivity index (χ4n) is 5.29. The summed E-state index contributed by atoms with van der Waals surface area (Å²) in [7, 11) is 0. The van der Waals surface area contributed by atoms with Gasteiger partial charge in [0.15, 0.2) is 0 Å². The second kappa shape index (κ2) is 10.3. The molecular weight excluding hydrogens is 510 g/mol. The number of nitrogens with zero attached hydrogens (tertiary/aromatic N) is 4. The maximum atomic E-state index is 13.8. The van der Waals surface area contributed by atoms with E-state index in [0.29, 0.717) is 51.9 Å². The number of halogens is 1. The number of aromatic nitrogens is 3. The van der Waals surface area contributed by atoms with Crippen LogP contribution >= 0.6 is 11.6 Å². The molecule has 7 nitrogen and oxygen atoms in total. The van der Waals surface area contributed by atoms with Gasteiger partial charge >= 0.3 is 0 Å². The van der Waals surface area contributed by atoms with E-state index in [2.05, 4.69) is 52.7 Å². The van der Waals surface area contributed by atoms with Crippen LogP contribution in [0.25, 0.3) is 28.6 Å². The van der Waals surface area contributed by atoms with E-state index < -0.39 is 0 Å². The maximum absolute atomic E-state index is 13.8. The van der Waals surface area contributed by atoms with E-state index in [0.717, 1.165) is 35.9 Å². The molecule has 3 heterocycles. The molecule has 8 heteroatoms. The smallest absolute Gasteiger partial charge is 0.260 e. The van der Waals surface area contributed by atoms with Crippen molar-refractivity contribution in [1.82, 2.24) is 20.0 Å². The number of hydrogen-bond donors (Lipinski definition) is 1. The van der Waals surface area contributed by atoms with Gasteiger partial charge in [0.2, 0.25) is 11.7 Å². The first-order chi connectivity index (χ1) is 19.0. The average molecular weight is 540 g/mol. The molecule has 1 aliphatic carbocycles. The Bertz CT molecular complexity index is 1770. The molecule has 6 rings (SSSR count). The summed E-state index contributed by atoms with van der Waals surface area (Å²) in [4.78, 5) is 23.1. The molecule has 1 fully saturated rings. The van der Waals surface area contributed by atoms with Gasteiger partial charge in [0.05, 0.1) is 0 Å². The maximum Gasteiger partial charge on any atom is 0.260 e. The Morgan fingerprint density at radius 3 is 2.62 bits per heavy atom. The van der Waals surface area contributed by atoms with Gasteiger partial charge in [-0.15, -0.1) is 0 Å². The molecule has 2 aromatic heterocycles. The minimum Gasteiger partial charge on any atom is -0.367 e. The zero-order valence-electron chi connectivity index (χ0n) is 22.2. The summed E-state index contributed by atoms with van der Waals surface area (Å²) in [6.45, 7) is 6.36. The van der Waals surface area contributed by atoms with Gasteiger partial charge in [-0.3, -0.25) is 9.36 Å². The molecule has 2 aromatic carbocycles. The van der Waals surface area contributed by atoms with Crippen molar-refractivity contribution in [1.29, 1.82) is 0 Å². The largest absolute Gasteiger partial charge is 0.367 e. The number of fused-ring (bicyclic) bond motifs is 1. The van der Waals surface area contributed by atoms with Crippen LogP contribution in [0, 0.1) is 6.92 Å². The van der Waals surface area contributed by atoms with Gasteiger partial charge in [0.1, 0.15) is 11.3 Å². The summed E-state index contributed by atoms with van der Waals surface area (Å²) >= 11 is 6.71. The minimum absolute atomic E-state index is 0.119. The summed E-state index contributed by atoms with van der Waals surface area (Å²) in [6.07, 6.45) is 4.90. The molecule has 1 saturated carbocycles.